The van der Waals surface area contributed by atoms with Crippen LogP contribution in [-0.2, 0) is 16.1 Å². The summed E-state index contributed by atoms with van der Waals surface area (Å²) in [6.45, 7) is 9.18. The number of hydrogen-bond donors (Lipinski definition) is 0. The molecule has 0 saturated carbocycles. The molecule has 0 aliphatic carbocycles. The zero-order valence-corrected chi connectivity index (χ0v) is 21.8. The summed E-state index contributed by atoms with van der Waals surface area (Å²) >= 11 is 6.25. The molecule has 0 bridgehead atoms. The quantitative estimate of drug-likeness (QED) is 0.527. The molecule has 0 aromatic heterocycles. The summed E-state index contributed by atoms with van der Waals surface area (Å²) < 4.78 is 13.2. The van der Waals surface area contributed by atoms with Gasteiger partial charge in [-0.3, -0.25) is 14.5 Å². The summed E-state index contributed by atoms with van der Waals surface area (Å²) in [7, 11) is 0. The SMILES string of the molecule is CC(=O)N1CCC(C(=O)N(CCCN2CCN(Cc3ccc(F)cc3)CC2)c2cccc(Cl)c2)CC1. The number of carbonyl (C=O) groups is 2. The number of halogens is 2. The number of hydrogen-bond acceptors (Lipinski definition) is 4. The topological polar surface area (TPSA) is 47.1 Å². The second-order valence-electron chi connectivity index (χ2n) is 9.85. The van der Waals surface area contributed by atoms with Gasteiger partial charge in [-0.15, -0.1) is 0 Å². The average molecular weight is 515 g/mol. The van der Waals surface area contributed by atoms with Gasteiger partial charge in [0.25, 0.3) is 0 Å². The lowest BCUT2D eigenvalue weighted by molar-refractivity contribution is -0.133. The van der Waals surface area contributed by atoms with Crippen LogP contribution in [0.4, 0.5) is 10.1 Å². The zero-order chi connectivity index (χ0) is 25.5. The summed E-state index contributed by atoms with van der Waals surface area (Å²) in [5, 5.41) is 0.619. The fourth-order valence-electron chi connectivity index (χ4n) is 5.14. The van der Waals surface area contributed by atoms with Crippen molar-refractivity contribution in [3.05, 3.63) is 64.9 Å². The number of rotatable bonds is 8. The van der Waals surface area contributed by atoms with Crippen LogP contribution in [0.1, 0.15) is 31.7 Å². The molecule has 6 nitrogen and oxygen atoms in total. The Balaban J connectivity index is 1.28. The minimum atomic E-state index is -0.199. The molecule has 2 saturated heterocycles. The highest BCUT2D eigenvalue weighted by molar-refractivity contribution is 6.30. The number of anilines is 1. The molecule has 2 amide bonds. The van der Waals surface area contributed by atoms with E-state index in [0.29, 0.717) is 37.5 Å². The molecule has 0 spiro atoms. The summed E-state index contributed by atoms with van der Waals surface area (Å²) in [6, 6.07) is 14.3. The Morgan fingerprint density at radius 2 is 1.64 bits per heavy atom. The summed E-state index contributed by atoms with van der Waals surface area (Å²) in [5.41, 5.74) is 1.97. The molecule has 4 rings (SSSR count). The van der Waals surface area contributed by atoms with Crippen molar-refractivity contribution in [3.63, 3.8) is 0 Å². The molecule has 2 aliphatic rings. The van der Waals surface area contributed by atoms with Gasteiger partial charge in [0.1, 0.15) is 5.82 Å². The third-order valence-corrected chi connectivity index (χ3v) is 7.55. The first-order valence-corrected chi connectivity index (χ1v) is 13.3. The molecule has 0 atom stereocenters. The normalized spacial score (nSPS) is 17.8. The van der Waals surface area contributed by atoms with Crippen LogP contribution in [-0.4, -0.2) is 78.9 Å². The lowest BCUT2D eigenvalue weighted by Crippen LogP contribution is -2.47. The number of piperazine rings is 1. The van der Waals surface area contributed by atoms with Crippen LogP contribution in [0, 0.1) is 11.7 Å². The number of nitrogens with zero attached hydrogens (tertiary/aromatic N) is 4. The maximum Gasteiger partial charge on any atom is 0.230 e. The minimum Gasteiger partial charge on any atom is -0.343 e. The zero-order valence-electron chi connectivity index (χ0n) is 21.0. The molecule has 0 unspecified atom stereocenters. The first-order chi connectivity index (χ1) is 17.4. The molecular weight excluding hydrogens is 479 g/mol. The monoisotopic (exact) mass is 514 g/mol. The number of amides is 2. The van der Waals surface area contributed by atoms with E-state index in [4.69, 9.17) is 11.6 Å². The number of carbonyl (C=O) groups excluding carboxylic acids is 2. The minimum absolute atomic E-state index is 0.0744. The van der Waals surface area contributed by atoms with Crippen LogP contribution in [0.15, 0.2) is 48.5 Å². The van der Waals surface area contributed by atoms with Crippen molar-refractivity contribution in [2.24, 2.45) is 5.92 Å². The van der Waals surface area contributed by atoms with Crippen molar-refractivity contribution in [1.82, 2.24) is 14.7 Å². The molecule has 2 heterocycles. The first-order valence-electron chi connectivity index (χ1n) is 12.9. The lowest BCUT2D eigenvalue weighted by atomic mass is 9.94. The molecule has 2 aliphatic heterocycles. The van der Waals surface area contributed by atoms with Crippen LogP contribution in [0.5, 0.6) is 0 Å². The third kappa shape index (κ3) is 7.28. The van der Waals surface area contributed by atoms with E-state index in [0.717, 1.165) is 56.9 Å². The van der Waals surface area contributed by atoms with Gasteiger partial charge in [-0.25, -0.2) is 4.39 Å². The highest BCUT2D eigenvalue weighted by Gasteiger charge is 2.30. The van der Waals surface area contributed by atoms with Crippen molar-refractivity contribution in [2.75, 3.05) is 57.3 Å². The molecular formula is C28H36ClFN4O2. The average Bonchev–Trinajstić information content (AvgIpc) is 2.88. The Kier molecular flexibility index (Phi) is 9.35. The molecule has 8 heteroatoms. The molecule has 2 aromatic carbocycles. The maximum absolute atomic E-state index is 13.5. The van der Waals surface area contributed by atoms with E-state index in [2.05, 4.69) is 9.80 Å². The molecule has 0 radical (unpaired) electrons. The smallest absolute Gasteiger partial charge is 0.230 e. The van der Waals surface area contributed by atoms with Gasteiger partial charge < -0.3 is 14.7 Å². The highest BCUT2D eigenvalue weighted by atomic mass is 35.5. The molecule has 0 N–H and O–H groups in total. The number of benzene rings is 2. The van der Waals surface area contributed by atoms with Crippen molar-refractivity contribution >= 4 is 29.1 Å². The van der Waals surface area contributed by atoms with Gasteiger partial charge in [0.05, 0.1) is 0 Å². The van der Waals surface area contributed by atoms with Gasteiger partial charge in [0.2, 0.25) is 11.8 Å². The largest absolute Gasteiger partial charge is 0.343 e. The number of likely N-dealkylation sites (tertiary alicyclic amines) is 1. The van der Waals surface area contributed by atoms with Gasteiger partial charge in [0, 0.05) is 75.9 Å². The third-order valence-electron chi connectivity index (χ3n) is 7.32. The molecule has 2 fully saturated rings. The van der Waals surface area contributed by atoms with E-state index >= 15 is 0 Å². The Morgan fingerprint density at radius 3 is 2.28 bits per heavy atom. The summed E-state index contributed by atoms with van der Waals surface area (Å²) in [6.07, 6.45) is 2.28. The van der Waals surface area contributed by atoms with Crippen molar-refractivity contribution in [2.45, 2.75) is 32.7 Å². The number of piperidine rings is 1. The van der Waals surface area contributed by atoms with E-state index in [1.165, 1.54) is 12.1 Å². The second kappa shape index (κ2) is 12.7. The van der Waals surface area contributed by atoms with Crippen LogP contribution >= 0.6 is 11.6 Å². The molecule has 2 aromatic rings. The van der Waals surface area contributed by atoms with Crippen LogP contribution in [0.25, 0.3) is 0 Å². The van der Waals surface area contributed by atoms with Gasteiger partial charge in [0.15, 0.2) is 0 Å². The van der Waals surface area contributed by atoms with E-state index in [-0.39, 0.29) is 23.5 Å². The Morgan fingerprint density at radius 1 is 0.972 bits per heavy atom. The Labute approximate surface area is 218 Å². The van der Waals surface area contributed by atoms with E-state index in [9.17, 15) is 14.0 Å². The van der Waals surface area contributed by atoms with Crippen molar-refractivity contribution in [1.29, 1.82) is 0 Å². The Bertz CT molecular complexity index is 1020. The van der Waals surface area contributed by atoms with Crippen LogP contribution in [0.2, 0.25) is 5.02 Å². The van der Waals surface area contributed by atoms with Crippen molar-refractivity contribution < 1.29 is 14.0 Å². The maximum atomic E-state index is 13.5. The predicted octanol–water partition coefficient (Wildman–Crippen LogP) is 4.28. The van der Waals surface area contributed by atoms with Crippen LogP contribution in [0.3, 0.4) is 0 Å². The first kappa shape index (κ1) is 26.6. The summed E-state index contributed by atoms with van der Waals surface area (Å²) in [4.78, 5) is 33.8. The molecule has 194 valence electrons. The van der Waals surface area contributed by atoms with Crippen molar-refractivity contribution in [3.8, 4) is 0 Å². The fourth-order valence-corrected chi connectivity index (χ4v) is 5.33. The van der Waals surface area contributed by atoms with Gasteiger partial charge in [-0.2, -0.15) is 0 Å². The van der Waals surface area contributed by atoms with E-state index in [1.54, 1.807) is 6.92 Å². The summed E-state index contributed by atoms with van der Waals surface area (Å²) in [5.74, 6) is -0.0695. The van der Waals surface area contributed by atoms with E-state index in [1.807, 2.05) is 46.2 Å². The second-order valence-corrected chi connectivity index (χ2v) is 10.3. The van der Waals surface area contributed by atoms with Gasteiger partial charge >= 0.3 is 0 Å². The van der Waals surface area contributed by atoms with Gasteiger partial charge in [-0.1, -0.05) is 29.8 Å². The highest BCUT2D eigenvalue weighted by Crippen LogP contribution is 2.26. The fraction of sp³-hybridized carbons (Fsp3) is 0.500. The van der Waals surface area contributed by atoms with Crippen LogP contribution < -0.4 is 4.90 Å². The van der Waals surface area contributed by atoms with E-state index < -0.39 is 0 Å². The van der Waals surface area contributed by atoms with Gasteiger partial charge in [-0.05, 0) is 61.7 Å². The Hall–Kier alpha value is -2.48. The molecule has 36 heavy (non-hydrogen) atoms. The standard InChI is InChI=1S/C28H36ClFN4O2/c1-22(35)33-14-10-24(11-15-33)28(36)34(27-5-2-4-25(29)20-27)13-3-12-31-16-18-32(19-17-31)21-23-6-8-26(30)9-7-23/h2,4-9,20,24H,3,10-19,21H2,1H3. The lowest BCUT2D eigenvalue weighted by Gasteiger charge is -2.36. The predicted molar refractivity (Wildman–Crippen MR) is 142 cm³/mol.